The fourth-order valence-corrected chi connectivity index (χ4v) is 2.09. The lowest BCUT2D eigenvalue weighted by molar-refractivity contribution is 0.174. The average Bonchev–Trinajstić information content (AvgIpc) is 2.88. The van der Waals surface area contributed by atoms with Crippen LogP contribution >= 0.6 is 15.9 Å². The van der Waals surface area contributed by atoms with Crippen LogP contribution in [0.5, 0.6) is 11.5 Å². The third-order valence-electron chi connectivity index (χ3n) is 2.72. The Balaban J connectivity index is 1.76. The summed E-state index contributed by atoms with van der Waals surface area (Å²) in [5, 5.41) is 9.22. The van der Waals surface area contributed by atoms with Crippen molar-refractivity contribution in [3.63, 3.8) is 0 Å². The number of aromatic nitrogens is 2. The summed E-state index contributed by atoms with van der Waals surface area (Å²) in [5.41, 5.74) is 1.40. The van der Waals surface area contributed by atoms with Gasteiger partial charge in [0.15, 0.2) is 11.5 Å². The Morgan fingerprint density at radius 2 is 2.21 bits per heavy atom. The molecule has 19 heavy (non-hydrogen) atoms. The molecule has 0 spiro atoms. The molecule has 1 aromatic carbocycles. The van der Waals surface area contributed by atoms with Crippen molar-refractivity contribution in [2.75, 3.05) is 12.1 Å². The molecular formula is C12H10BrN3O3. The normalized spacial score (nSPS) is 12.5. The van der Waals surface area contributed by atoms with Crippen LogP contribution in [0.4, 0.5) is 5.69 Å². The van der Waals surface area contributed by atoms with Crippen LogP contribution in [0.2, 0.25) is 0 Å². The lowest BCUT2D eigenvalue weighted by Crippen LogP contribution is -2.12. The molecule has 0 bridgehead atoms. The number of nitrogens with one attached hydrogen (secondary N) is 2. The minimum absolute atomic E-state index is 0.260. The summed E-state index contributed by atoms with van der Waals surface area (Å²) in [5.74, 6) is 1.49. The van der Waals surface area contributed by atoms with E-state index < -0.39 is 0 Å². The van der Waals surface area contributed by atoms with Crippen molar-refractivity contribution in [1.29, 1.82) is 0 Å². The molecule has 0 saturated heterocycles. The number of hydrogen-bond donors (Lipinski definition) is 2. The molecule has 1 aliphatic heterocycles. The molecule has 0 atom stereocenters. The van der Waals surface area contributed by atoms with Gasteiger partial charge in [0.1, 0.15) is 4.47 Å². The number of nitrogens with zero attached hydrogens (tertiary/aromatic N) is 1. The van der Waals surface area contributed by atoms with Gasteiger partial charge in [-0.2, -0.15) is 5.10 Å². The molecule has 3 rings (SSSR count). The van der Waals surface area contributed by atoms with Crippen LogP contribution in [-0.2, 0) is 6.54 Å². The topological polar surface area (TPSA) is 76.2 Å². The Bertz CT molecular complexity index is 672. The molecule has 2 aromatic rings. The quantitative estimate of drug-likeness (QED) is 0.901. The zero-order chi connectivity index (χ0) is 13.2. The van der Waals surface area contributed by atoms with E-state index in [1.165, 1.54) is 0 Å². The number of halogens is 1. The second-order valence-electron chi connectivity index (χ2n) is 3.97. The summed E-state index contributed by atoms with van der Waals surface area (Å²) < 4.78 is 11.0. The van der Waals surface area contributed by atoms with Gasteiger partial charge in [-0.05, 0) is 33.6 Å². The van der Waals surface area contributed by atoms with E-state index in [0.717, 1.165) is 17.1 Å². The van der Waals surface area contributed by atoms with Gasteiger partial charge in [-0.1, -0.05) is 6.07 Å². The summed E-state index contributed by atoms with van der Waals surface area (Å²) in [6, 6.07) is 5.71. The molecule has 6 nitrogen and oxygen atoms in total. The maximum Gasteiger partial charge on any atom is 0.280 e. The second kappa shape index (κ2) is 4.93. The minimum atomic E-state index is -0.268. The summed E-state index contributed by atoms with van der Waals surface area (Å²) in [6.07, 6.45) is 1.55. The first kappa shape index (κ1) is 12.0. The summed E-state index contributed by atoms with van der Waals surface area (Å²) in [6.45, 7) is 0.816. The molecule has 0 amide bonds. The summed E-state index contributed by atoms with van der Waals surface area (Å²) >= 11 is 3.21. The maximum absolute atomic E-state index is 11.4. The predicted molar refractivity (Wildman–Crippen MR) is 72.4 cm³/mol. The summed E-state index contributed by atoms with van der Waals surface area (Å²) in [7, 11) is 0. The highest BCUT2D eigenvalue weighted by molar-refractivity contribution is 9.10. The number of rotatable bonds is 3. The lowest BCUT2D eigenvalue weighted by Gasteiger charge is -2.07. The number of aromatic amines is 1. The number of benzene rings is 1. The Labute approximate surface area is 116 Å². The van der Waals surface area contributed by atoms with Crippen LogP contribution in [0.25, 0.3) is 0 Å². The second-order valence-corrected chi connectivity index (χ2v) is 4.76. The van der Waals surface area contributed by atoms with Gasteiger partial charge in [0, 0.05) is 6.54 Å². The van der Waals surface area contributed by atoms with Gasteiger partial charge in [0.2, 0.25) is 6.79 Å². The zero-order valence-corrected chi connectivity index (χ0v) is 11.4. The molecule has 2 N–H and O–H groups in total. The zero-order valence-electron chi connectivity index (χ0n) is 9.77. The van der Waals surface area contributed by atoms with Crippen LogP contribution in [0.3, 0.4) is 0 Å². The molecule has 0 fully saturated rings. The fourth-order valence-electron chi connectivity index (χ4n) is 1.75. The Morgan fingerprint density at radius 3 is 3.11 bits per heavy atom. The van der Waals surface area contributed by atoms with E-state index in [1.54, 1.807) is 6.20 Å². The average molecular weight is 324 g/mol. The third kappa shape index (κ3) is 2.41. The highest BCUT2D eigenvalue weighted by atomic mass is 79.9. The van der Waals surface area contributed by atoms with Crippen LogP contribution in [0, 0.1) is 0 Å². The van der Waals surface area contributed by atoms with Crippen LogP contribution in [0.1, 0.15) is 5.56 Å². The molecule has 0 unspecified atom stereocenters. The third-order valence-corrected chi connectivity index (χ3v) is 3.50. The monoisotopic (exact) mass is 323 g/mol. The first-order valence-corrected chi connectivity index (χ1v) is 6.39. The molecule has 0 radical (unpaired) electrons. The van der Waals surface area contributed by atoms with E-state index in [4.69, 9.17) is 9.47 Å². The molecular weight excluding hydrogens is 314 g/mol. The number of ether oxygens (including phenoxy) is 2. The van der Waals surface area contributed by atoms with Gasteiger partial charge in [-0.15, -0.1) is 0 Å². The van der Waals surface area contributed by atoms with Gasteiger partial charge in [-0.25, -0.2) is 5.10 Å². The Kier molecular flexibility index (Phi) is 3.12. The number of fused-ring (bicyclic) bond motifs is 1. The number of H-pyrrole nitrogens is 1. The van der Waals surface area contributed by atoms with E-state index in [0.29, 0.717) is 16.7 Å². The van der Waals surface area contributed by atoms with E-state index in [2.05, 4.69) is 31.4 Å². The first-order chi connectivity index (χ1) is 9.24. The van der Waals surface area contributed by atoms with Gasteiger partial charge < -0.3 is 14.8 Å². The highest BCUT2D eigenvalue weighted by Crippen LogP contribution is 2.32. The van der Waals surface area contributed by atoms with E-state index >= 15 is 0 Å². The molecule has 0 saturated carbocycles. The van der Waals surface area contributed by atoms with E-state index in [9.17, 15) is 4.79 Å². The van der Waals surface area contributed by atoms with E-state index in [-0.39, 0.29) is 12.4 Å². The van der Waals surface area contributed by atoms with Crippen LogP contribution < -0.4 is 20.3 Å². The standard InChI is InChI=1S/C12H10BrN3O3/c13-11-8(5-15-16-12(11)17)14-4-7-1-2-9-10(3-7)19-6-18-9/h1-3,5H,4,6H2,(H2,14,16,17). The molecule has 1 aromatic heterocycles. The first-order valence-electron chi connectivity index (χ1n) is 5.59. The SMILES string of the molecule is O=c1[nH]ncc(NCc2ccc3c(c2)OCO3)c1Br. The van der Waals surface area contributed by atoms with Crippen LogP contribution in [0.15, 0.2) is 33.7 Å². The number of anilines is 1. The van der Waals surface area contributed by atoms with Crippen molar-refractivity contribution in [2.45, 2.75) is 6.54 Å². The summed E-state index contributed by atoms with van der Waals surface area (Å²) in [4.78, 5) is 11.4. The molecule has 7 heteroatoms. The van der Waals surface area contributed by atoms with Crippen molar-refractivity contribution >= 4 is 21.6 Å². The van der Waals surface area contributed by atoms with Gasteiger partial charge in [-0.3, -0.25) is 4.79 Å². The van der Waals surface area contributed by atoms with Gasteiger partial charge in [0.05, 0.1) is 11.9 Å². The Morgan fingerprint density at radius 1 is 1.37 bits per heavy atom. The van der Waals surface area contributed by atoms with Crippen molar-refractivity contribution < 1.29 is 9.47 Å². The smallest absolute Gasteiger partial charge is 0.280 e. The number of hydrogen-bond acceptors (Lipinski definition) is 5. The van der Waals surface area contributed by atoms with Crippen molar-refractivity contribution in [3.05, 3.63) is 44.8 Å². The van der Waals surface area contributed by atoms with Crippen LogP contribution in [-0.4, -0.2) is 17.0 Å². The van der Waals surface area contributed by atoms with Crippen molar-refractivity contribution in [2.24, 2.45) is 0 Å². The maximum atomic E-state index is 11.4. The highest BCUT2D eigenvalue weighted by Gasteiger charge is 2.13. The molecule has 0 aliphatic carbocycles. The fraction of sp³-hybridized carbons (Fsp3) is 0.167. The molecule has 1 aliphatic rings. The minimum Gasteiger partial charge on any atom is -0.454 e. The van der Waals surface area contributed by atoms with Crippen molar-refractivity contribution in [1.82, 2.24) is 10.2 Å². The van der Waals surface area contributed by atoms with E-state index in [1.807, 2.05) is 18.2 Å². The lowest BCUT2D eigenvalue weighted by atomic mass is 10.2. The van der Waals surface area contributed by atoms with Gasteiger partial charge in [0.25, 0.3) is 5.56 Å². The largest absolute Gasteiger partial charge is 0.454 e. The Hall–Kier alpha value is -2.02. The molecule has 2 heterocycles. The van der Waals surface area contributed by atoms with Crippen molar-refractivity contribution in [3.8, 4) is 11.5 Å². The molecule has 98 valence electrons. The predicted octanol–water partition coefficient (Wildman–Crippen LogP) is 1.87. The van der Waals surface area contributed by atoms with Gasteiger partial charge >= 0.3 is 0 Å².